The first kappa shape index (κ1) is 20.3. The monoisotopic (exact) mass is 424 g/mol. The molecule has 0 amide bonds. The van der Waals surface area contributed by atoms with Gasteiger partial charge >= 0.3 is 0 Å². The topological polar surface area (TPSA) is 68.1 Å². The first-order chi connectivity index (χ1) is 15.0. The van der Waals surface area contributed by atoms with Crippen molar-refractivity contribution in [1.82, 2.24) is 24.6 Å². The van der Waals surface area contributed by atoms with Crippen molar-refractivity contribution in [2.45, 2.75) is 44.8 Å². The Hall–Kier alpha value is -2.58. The summed E-state index contributed by atoms with van der Waals surface area (Å²) >= 11 is 0. The molecule has 164 valence electrons. The Balaban J connectivity index is 1.39. The Morgan fingerprint density at radius 1 is 1.19 bits per heavy atom. The predicted molar refractivity (Wildman–Crippen MR) is 119 cm³/mol. The third-order valence-electron chi connectivity index (χ3n) is 6.84. The number of alkyl halides is 1. The molecule has 2 aliphatic heterocycles. The summed E-state index contributed by atoms with van der Waals surface area (Å²) in [5.41, 5.74) is 4.88. The van der Waals surface area contributed by atoms with Gasteiger partial charge in [-0.05, 0) is 56.5 Å². The molecule has 7 nitrogen and oxygen atoms in total. The summed E-state index contributed by atoms with van der Waals surface area (Å²) in [5.74, 6) is 0.418. The van der Waals surface area contributed by atoms with Crippen LogP contribution < -0.4 is 5.32 Å². The van der Waals surface area contributed by atoms with Gasteiger partial charge in [-0.2, -0.15) is 5.10 Å². The summed E-state index contributed by atoms with van der Waals surface area (Å²) in [7, 11) is 1.90. The Labute approximate surface area is 181 Å². The summed E-state index contributed by atoms with van der Waals surface area (Å²) in [5, 5.41) is 8.46. The molecule has 1 aromatic carbocycles. The Kier molecular flexibility index (Phi) is 5.35. The number of fused-ring (bicyclic) bond motifs is 1. The van der Waals surface area contributed by atoms with Crippen LogP contribution in [0.15, 0.2) is 24.5 Å². The molecule has 5 rings (SSSR count). The molecular weight excluding hydrogens is 395 g/mol. The second kappa shape index (κ2) is 8.16. The fourth-order valence-electron chi connectivity index (χ4n) is 4.83. The van der Waals surface area contributed by atoms with Gasteiger partial charge in [0.2, 0.25) is 5.95 Å². The summed E-state index contributed by atoms with van der Waals surface area (Å²) in [4.78, 5) is 11.4. The number of halogens is 1. The highest BCUT2D eigenvalue weighted by Gasteiger charge is 2.35. The molecule has 2 aliphatic rings. The van der Waals surface area contributed by atoms with Crippen molar-refractivity contribution in [3.63, 3.8) is 0 Å². The first-order valence-electron chi connectivity index (χ1n) is 11.0. The maximum Gasteiger partial charge on any atom is 0.227 e. The summed E-state index contributed by atoms with van der Waals surface area (Å²) in [6, 6.07) is 4.50. The van der Waals surface area contributed by atoms with E-state index in [0.29, 0.717) is 18.5 Å². The smallest absolute Gasteiger partial charge is 0.227 e. The van der Waals surface area contributed by atoms with E-state index in [1.807, 2.05) is 20.2 Å². The third kappa shape index (κ3) is 3.90. The first-order valence-corrected chi connectivity index (χ1v) is 11.0. The zero-order valence-electron chi connectivity index (χ0n) is 18.3. The molecule has 8 heteroatoms. The lowest BCUT2D eigenvalue weighted by molar-refractivity contribution is 0.0728. The van der Waals surface area contributed by atoms with Gasteiger partial charge in [0.1, 0.15) is 6.17 Å². The molecule has 3 aromatic rings. The van der Waals surface area contributed by atoms with E-state index in [2.05, 4.69) is 39.4 Å². The van der Waals surface area contributed by atoms with Gasteiger partial charge in [0.15, 0.2) is 0 Å². The standard InChI is InChI=1S/C23H29FN6O/c1-14-8-16-10-25-23(28-22-11-26-29(3)15(22)2)27-21(16)9-19(14)18-4-6-30(12-20(18)24)17-5-7-31-13-17/h8-11,17-18,20H,4-7,12-13H2,1-3H3,(H,25,27,28). The zero-order valence-corrected chi connectivity index (χ0v) is 18.3. The molecule has 31 heavy (non-hydrogen) atoms. The number of nitrogens with one attached hydrogen (secondary N) is 1. The van der Waals surface area contributed by atoms with Crippen LogP contribution in [0.5, 0.6) is 0 Å². The van der Waals surface area contributed by atoms with Gasteiger partial charge in [-0.25, -0.2) is 14.4 Å². The number of benzene rings is 1. The molecule has 1 N–H and O–H groups in total. The number of aromatic nitrogens is 4. The van der Waals surface area contributed by atoms with Crippen molar-refractivity contribution in [2.75, 3.05) is 31.6 Å². The maximum absolute atomic E-state index is 15.3. The zero-order chi connectivity index (χ0) is 21.5. The van der Waals surface area contributed by atoms with Crippen LogP contribution in [0.3, 0.4) is 0 Å². The molecule has 0 saturated carbocycles. The van der Waals surface area contributed by atoms with E-state index < -0.39 is 6.17 Å². The van der Waals surface area contributed by atoms with Crippen LogP contribution in [0.4, 0.5) is 16.0 Å². The van der Waals surface area contributed by atoms with E-state index in [-0.39, 0.29) is 5.92 Å². The van der Waals surface area contributed by atoms with Crippen LogP contribution >= 0.6 is 0 Å². The fourth-order valence-corrected chi connectivity index (χ4v) is 4.83. The number of hydrogen-bond donors (Lipinski definition) is 1. The molecule has 3 atom stereocenters. The minimum Gasteiger partial charge on any atom is -0.380 e. The van der Waals surface area contributed by atoms with Gasteiger partial charge in [0.05, 0.1) is 29.7 Å². The largest absolute Gasteiger partial charge is 0.380 e. The Morgan fingerprint density at radius 2 is 2.06 bits per heavy atom. The van der Waals surface area contributed by atoms with E-state index >= 15 is 4.39 Å². The molecular formula is C23H29FN6O. The number of hydrogen-bond acceptors (Lipinski definition) is 6. The number of rotatable bonds is 4. The molecule has 0 radical (unpaired) electrons. The van der Waals surface area contributed by atoms with Gasteiger partial charge in [0, 0.05) is 43.7 Å². The van der Waals surface area contributed by atoms with E-state index in [0.717, 1.165) is 66.0 Å². The third-order valence-corrected chi connectivity index (χ3v) is 6.84. The van der Waals surface area contributed by atoms with E-state index in [1.165, 1.54) is 0 Å². The van der Waals surface area contributed by atoms with Gasteiger partial charge in [-0.1, -0.05) is 0 Å². The highest BCUT2D eigenvalue weighted by molar-refractivity contribution is 5.81. The summed E-state index contributed by atoms with van der Waals surface area (Å²) in [6.07, 6.45) is 4.52. The summed E-state index contributed by atoms with van der Waals surface area (Å²) in [6.45, 7) is 6.96. The number of piperidine rings is 1. The van der Waals surface area contributed by atoms with Crippen molar-refractivity contribution < 1.29 is 9.13 Å². The van der Waals surface area contributed by atoms with Crippen molar-refractivity contribution in [2.24, 2.45) is 7.05 Å². The van der Waals surface area contributed by atoms with Crippen molar-refractivity contribution >= 4 is 22.5 Å². The normalized spacial score (nSPS) is 24.7. The van der Waals surface area contributed by atoms with Gasteiger partial charge in [-0.3, -0.25) is 9.58 Å². The quantitative estimate of drug-likeness (QED) is 0.690. The average molecular weight is 425 g/mol. The van der Waals surface area contributed by atoms with Crippen molar-refractivity contribution in [3.05, 3.63) is 41.3 Å². The molecule has 4 heterocycles. The Bertz CT molecular complexity index is 1090. The number of anilines is 2. The van der Waals surface area contributed by atoms with Gasteiger partial charge < -0.3 is 10.1 Å². The maximum atomic E-state index is 15.3. The van der Waals surface area contributed by atoms with Crippen LogP contribution in [-0.2, 0) is 11.8 Å². The molecule has 2 fully saturated rings. The number of ether oxygens (including phenoxy) is 1. The predicted octanol–water partition coefficient (Wildman–Crippen LogP) is 3.64. The van der Waals surface area contributed by atoms with Crippen molar-refractivity contribution in [1.29, 1.82) is 0 Å². The van der Waals surface area contributed by atoms with Crippen LogP contribution in [0.1, 0.15) is 35.6 Å². The van der Waals surface area contributed by atoms with Crippen LogP contribution in [0.25, 0.3) is 10.9 Å². The molecule has 0 spiro atoms. The van der Waals surface area contributed by atoms with E-state index in [4.69, 9.17) is 9.72 Å². The molecule has 0 aliphatic carbocycles. The number of likely N-dealkylation sites (tertiary alicyclic amines) is 1. The second-order valence-electron chi connectivity index (χ2n) is 8.78. The molecule has 2 saturated heterocycles. The minimum absolute atomic E-state index is 0.102. The fraction of sp³-hybridized carbons (Fsp3) is 0.522. The lowest BCUT2D eigenvalue weighted by atomic mass is 9.84. The second-order valence-corrected chi connectivity index (χ2v) is 8.78. The van der Waals surface area contributed by atoms with E-state index in [9.17, 15) is 0 Å². The molecule has 0 bridgehead atoms. The summed E-state index contributed by atoms with van der Waals surface area (Å²) < 4.78 is 22.6. The SMILES string of the molecule is Cc1cc2cnc(Nc3cnn(C)c3C)nc2cc1C1CCN(C2CCOC2)CC1F. The van der Waals surface area contributed by atoms with Crippen molar-refractivity contribution in [3.8, 4) is 0 Å². The van der Waals surface area contributed by atoms with Gasteiger partial charge in [0.25, 0.3) is 0 Å². The highest BCUT2D eigenvalue weighted by atomic mass is 19.1. The average Bonchev–Trinajstić information content (AvgIpc) is 3.40. The molecule has 2 aromatic heterocycles. The van der Waals surface area contributed by atoms with Crippen LogP contribution in [0.2, 0.25) is 0 Å². The number of nitrogens with zero attached hydrogens (tertiary/aromatic N) is 5. The van der Waals surface area contributed by atoms with Gasteiger partial charge in [-0.15, -0.1) is 0 Å². The van der Waals surface area contributed by atoms with Crippen LogP contribution in [-0.4, -0.2) is 63.2 Å². The Morgan fingerprint density at radius 3 is 2.77 bits per heavy atom. The lowest BCUT2D eigenvalue weighted by Crippen LogP contribution is -2.46. The molecule has 3 unspecified atom stereocenters. The van der Waals surface area contributed by atoms with E-state index in [1.54, 1.807) is 10.9 Å². The number of aryl methyl sites for hydroxylation is 2. The highest BCUT2D eigenvalue weighted by Crippen LogP contribution is 2.35. The van der Waals surface area contributed by atoms with Crippen LogP contribution in [0, 0.1) is 13.8 Å². The lowest BCUT2D eigenvalue weighted by Gasteiger charge is -2.38. The minimum atomic E-state index is -0.886.